The number of halogens is 1. The molecule has 0 saturated carbocycles. The summed E-state index contributed by atoms with van der Waals surface area (Å²) in [6.07, 6.45) is 0. The fourth-order valence-corrected chi connectivity index (χ4v) is 3.81. The van der Waals surface area contributed by atoms with E-state index in [4.69, 9.17) is 21.1 Å². The van der Waals surface area contributed by atoms with E-state index in [1.807, 2.05) is 25.1 Å². The third kappa shape index (κ3) is 5.45. The Labute approximate surface area is 183 Å². The Morgan fingerprint density at radius 1 is 1.07 bits per heavy atom. The quantitative estimate of drug-likeness (QED) is 0.722. The molecule has 1 aliphatic heterocycles. The summed E-state index contributed by atoms with van der Waals surface area (Å²) in [7, 11) is 3.31. The molecule has 0 radical (unpaired) electrons. The van der Waals surface area contributed by atoms with Gasteiger partial charge in [0.25, 0.3) is 0 Å². The Hall–Kier alpha value is -2.28. The normalized spacial score (nSPS) is 16.2. The van der Waals surface area contributed by atoms with Gasteiger partial charge in [-0.1, -0.05) is 11.6 Å². The molecule has 1 fully saturated rings. The second kappa shape index (κ2) is 10.2. The number of benzene rings is 2. The van der Waals surface area contributed by atoms with E-state index in [1.165, 1.54) is 11.1 Å². The molecule has 0 bridgehead atoms. The van der Waals surface area contributed by atoms with Gasteiger partial charge in [-0.3, -0.25) is 14.6 Å². The summed E-state index contributed by atoms with van der Waals surface area (Å²) in [5.41, 5.74) is 3.18. The van der Waals surface area contributed by atoms with Crippen LogP contribution in [-0.4, -0.2) is 62.1 Å². The van der Waals surface area contributed by atoms with Crippen molar-refractivity contribution >= 4 is 23.2 Å². The van der Waals surface area contributed by atoms with E-state index in [2.05, 4.69) is 28.1 Å². The van der Waals surface area contributed by atoms with E-state index in [-0.39, 0.29) is 11.9 Å². The minimum Gasteiger partial charge on any atom is -0.493 e. The van der Waals surface area contributed by atoms with Crippen LogP contribution in [0.2, 0.25) is 5.02 Å². The molecule has 1 saturated heterocycles. The van der Waals surface area contributed by atoms with Gasteiger partial charge in [-0.15, -0.1) is 0 Å². The van der Waals surface area contributed by atoms with Gasteiger partial charge in [0.1, 0.15) is 0 Å². The molecule has 2 aromatic rings. The van der Waals surface area contributed by atoms with Crippen LogP contribution < -0.4 is 14.8 Å². The molecule has 162 valence electrons. The largest absolute Gasteiger partial charge is 0.493 e. The third-order valence-electron chi connectivity index (χ3n) is 5.68. The average Bonchev–Trinajstić information content (AvgIpc) is 2.76. The zero-order valence-corrected chi connectivity index (χ0v) is 18.8. The minimum atomic E-state index is -0.189. The number of ether oxygens (including phenoxy) is 2. The number of rotatable bonds is 7. The third-order valence-corrected chi connectivity index (χ3v) is 5.93. The molecule has 0 aromatic heterocycles. The highest BCUT2D eigenvalue weighted by Crippen LogP contribution is 2.31. The van der Waals surface area contributed by atoms with Gasteiger partial charge in [0.2, 0.25) is 5.91 Å². The first-order chi connectivity index (χ1) is 14.4. The van der Waals surface area contributed by atoms with Gasteiger partial charge < -0.3 is 14.8 Å². The molecule has 0 unspecified atom stereocenters. The molecule has 7 heteroatoms. The summed E-state index contributed by atoms with van der Waals surface area (Å²) >= 11 is 5.91. The topological polar surface area (TPSA) is 54.0 Å². The number of carbonyl (C=O) groups is 1. The maximum absolute atomic E-state index is 12.6. The number of anilines is 1. The number of nitrogens with one attached hydrogen (secondary N) is 1. The Balaban J connectivity index is 1.54. The summed E-state index contributed by atoms with van der Waals surface area (Å²) in [4.78, 5) is 17.3. The molecular formula is C23H30ClN3O3. The molecule has 1 N–H and O–H groups in total. The lowest BCUT2D eigenvalue weighted by Crippen LogP contribution is -2.52. The molecule has 1 aliphatic rings. The fourth-order valence-electron chi connectivity index (χ4n) is 3.69. The summed E-state index contributed by atoms with van der Waals surface area (Å²) in [5, 5.41) is 3.62. The van der Waals surface area contributed by atoms with Crippen LogP contribution in [0.15, 0.2) is 36.4 Å². The van der Waals surface area contributed by atoms with Crippen molar-refractivity contribution in [1.82, 2.24) is 9.80 Å². The number of aryl methyl sites for hydroxylation is 1. The predicted octanol–water partition coefficient (Wildman–Crippen LogP) is 3.81. The standard InChI is InChI=1S/C23H30ClN3O3/c1-16-13-21(29-3)22(30-4)14-18(16)15-26-9-11-27(12-10-26)17(2)23(28)25-20-7-5-19(24)6-8-20/h5-8,13-14,17H,9-12,15H2,1-4H3,(H,25,28)/t17-/m1/s1. The zero-order chi connectivity index (χ0) is 21.7. The lowest BCUT2D eigenvalue weighted by Gasteiger charge is -2.37. The lowest BCUT2D eigenvalue weighted by molar-refractivity contribution is -0.121. The highest BCUT2D eigenvalue weighted by atomic mass is 35.5. The van der Waals surface area contributed by atoms with Crippen LogP contribution in [0.5, 0.6) is 11.5 Å². The molecule has 0 aliphatic carbocycles. The number of piperazine rings is 1. The number of hydrogen-bond donors (Lipinski definition) is 1. The Morgan fingerprint density at radius 2 is 1.67 bits per heavy atom. The number of carbonyl (C=O) groups excluding carboxylic acids is 1. The highest BCUT2D eigenvalue weighted by Gasteiger charge is 2.26. The second-order valence-corrected chi connectivity index (χ2v) is 8.05. The van der Waals surface area contributed by atoms with Crippen molar-refractivity contribution in [2.45, 2.75) is 26.4 Å². The minimum absolute atomic E-state index is 0.00140. The maximum atomic E-state index is 12.6. The van der Waals surface area contributed by atoms with E-state index in [1.54, 1.807) is 26.4 Å². The Bertz CT molecular complexity index is 865. The van der Waals surface area contributed by atoms with E-state index < -0.39 is 0 Å². The van der Waals surface area contributed by atoms with Crippen LogP contribution in [0.25, 0.3) is 0 Å². The molecular weight excluding hydrogens is 402 g/mol. The molecule has 1 amide bonds. The number of methoxy groups -OCH3 is 2. The van der Waals surface area contributed by atoms with Gasteiger partial charge in [0.05, 0.1) is 20.3 Å². The average molecular weight is 432 g/mol. The summed E-state index contributed by atoms with van der Waals surface area (Å²) in [6, 6.07) is 11.1. The highest BCUT2D eigenvalue weighted by molar-refractivity contribution is 6.30. The monoisotopic (exact) mass is 431 g/mol. The number of hydrogen-bond acceptors (Lipinski definition) is 5. The zero-order valence-electron chi connectivity index (χ0n) is 18.1. The van der Waals surface area contributed by atoms with Crippen molar-refractivity contribution in [1.29, 1.82) is 0 Å². The summed E-state index contributed by atoms with van der Waals surface area (Å²) < 4.78 is 10.8. The molecule has 6 nitrogen and oxygen atoms in total. The second-order valence-electron chi connectivity index (χ2n) is 7.62. The first kappa shape index (κ1) is 22.4. The van der Waals surface area contributed by atoms with E-state index in [9.17, 15) is 4.79 Å². The van der Waals surface area contributed by atoms with Crippen LogP contribution >= 0.6 is 11.6 Å². The number of nitrogens with zero attached hydrogens (tertiary/aromatic N) is 2. The van der Waals surface area contributed by atoms with E-state index >= 15 is 0 Å². The van der Waals surface area contributed by atoms with Crippen molar-refractivity contribution in [2.75, 3.05) is 45.7 Å². The van der Waals surface area contributed by atoms with Crippen LogP contribution in [0.4, 0.5) is 5.69 Å². The first-order valence-corrected chi connectivity index (χ1v) is 10.5. The van der Waals surface area contributed by atoms with Crippen LogP contribution in [0.1, 0.15) is 18.1 Å². The molecule has 1 atom stereocenters. The van der Waals surface area contributed by atoms with Gasteiger partial charge in [0, 0.05) is 43.4 Å². The van der Waals surface area contributed by atoms with Crippen molar-refractivity contribution in [2.24, 2.45) is 0 Å². The van der Waals surface area contributed by atoms with Crippen molar-refractivity contribution in [3.8, 4) is 11.5 Å². The Morgan fingerprint density at radius 3 is 2.27 bits per heavy atom. The fraction of sp³-hybridized carbons (Fsp3) is 0.435. The van der Waals surface area contributed by atoms with Crippen LogP contribution in [-0.2, 0) is 11.3 Å². The van der Waals surface area contributed by atoms with E-state index in [0.717, 1.165) is 49.9 Å². The molecule has 2 aromatic carbocycles. The molecule has 0 spiro atoms. The van der Waals surface area contributed by atoms with Crippen molar-refractivity contribution < 1.29 is 14.3 Å². The maximum Gasteiger partial charge on any atom is 0.241 e. The summed E-state index contributed by atoms with van der Waals surface area (Å²) in [6.45, 7) is 8.42. The molecule has 3 rings (SSSR count). The first-order valence-electron chi connectivity index (χ1n) is 10.2. The van der Waals surface area contributed by atoms with Crippen molar-refractivity contribution in [3.05, 3.63) is 52.5 Å². The van der Waals surface area contributed by atoms with Gasteiger partial charge >= 0.3 is 0 Å². The van der Waals surface area contributed by atoms with Gasteiger partial charge in [-0.2, -0.15) is 0 Å². The van der Waals surface area contributed by atoms with Gasteiger partial charge in [0.15, 0.2) is 11.5 Å². The molecule has 1 heterocycles. The van der Waals surface area contributed by atoms with Gasteiger partial charge in [-0.05, 0) is 61.4 Å². The van der Waals surface area contributed by atoms with Gasteiger partial charge in [-0.25, -0.2) is 0 Å². The lowest BCUT2D eigenvalue weighted by atomic mass is 10.1. The Kier molecular flexibility index (Phi) is 7.58. The SMILES string of the molecule is COc1cc(C)c(CN2CCN([C@H](C)C(=O)Nc3ccc(Cl)cc3)CC2)cc1OC. The summed E-state index contributed by atoms with van der Waals surface area (Å²) in [5.74, 6) is 1.51. The predicted molar refractivity (Wildman–Crippen MR) is 121 cm³/mol. The smallest absolute Gasteiger partial charge is 0.241 e. The number of amides is 1. The van der Waals surface area contributed by atoms with E-state index in [0.29, 0.717) is 5.02 Å². The van der Waals surface area contributed by atoms with Crippen molar-refractivity contribution in [3.63, 3.8) is 0 Å². The molecule has 30 heavy (non-hydrogen) atoms. The van der Waals surface area contributed by atoms with Crippen LogP contribution in [0, 0.1) is 6.92 Å². The van der Waals surface area contributed by atoms with Crippen LogP contribution in [0.3, 0.4) is 0 Å².